The molecule has 0 saturated carbocycles. The second-order valence-corrected chi connectivity index (χ2v) is 11.3. The monoisotopic (exact) mass is 540 g/mol. The molecule has 0 atom stereocenters. The van der Waals surface area contributed by atoms with E-state index in [1.54, 1.807) is 0 Å². The molecule has 1 N–H and O–H groups in total. The average molecular weight is 541 g/mol. The van der Waals surface area contributed by atoms with Crippen LogP contribution in [0.25, 0.3) is 0 Å². The van der Waals surface area contributed by atoms with E-state index in [1.165, 1.54) is 22.5 Å². The molecule has 0 spiro atoms. The molecule has 0 unspecified atom stereocenters. The van der Waals surface area contributed by atoms with E-state index in [1.807, 2.05) is 54.6 Å². The van der Waals surface area contributed by atoms with Crippen LogP contribution < -0.4 is 15.1 Å². The lowest BCUT2D eigenvalue weighted by atomic mass is 10.2. The van der Waals surface area contributed by atoms with Gasteiger partial charge in [0.15, 0.2) is 0 Å². The normalized spacial score (nSPS) is 17.0. The van der Waals surface area contributed by atoms with Crippen molar-refractivity contribution in [2.45, 2.75) is 4.90 Å². The van der Waals surface area contributed by atoms with Gasteiger partial charge in [0.05, 0.1) is 40.1 Å². The molecule has 2 heterocycles. The zero-order valence-corrected chi connectivity index (χ0v) is 21.9. The Hall–Kier alpha value is -3.11. The molecule has 2 fully saturated rings. The maximum atomic E-state index is 13.4. The highest BCUT2D eigenvalue weighted by atomic mass is 35.5. The van der Waals surface area contributed by atoms with Crippen LogP contribution in [0.5, 0.6) is 0 Å². The third kappa shape index (κ3) is 5.60. The lowest BCUT2D eigenvalue weighted by Crippen LogP contribution is -2.48. The number of benzene rings is 3. The summed E-state index contributed by atoms with van der Waals surface area (Å²) in [5, 5.41) is 3.12. The van der Waals surface area contributed by atoms with E-state index >= 15 is 0 Å². The molecule has 0 aliphatic carbocycles. The number of sulfonamides is 1. The molecule has 0 bridgehead atoms. The van der Waals surface area contributed by atoms with Crippen molar-refractivity contribution < 1.29 is 17.9 Å². The molecule has 37 heavy (non-hydrogen) atoms. The lowest BCUT2D eigenvalue weighted by molar-refractivity contribution is 0.102. The summed E-state index contributed by atoms with van der Waals surface area (Å²) >= 11 is 6.37. The molecule has 5 rings (SSSR count). The molecule has 10 heteroatoms. The predicted molar refractivity (Wildman–Crippen MR) is 146 cm³/mol. The second-order valence-electron chi connectivity index (χ2n) is 8.94. The number of morpholine rings is 1. The summed E-state index contributed by atoms with van der Waals surface area (Å²) in [7, 11) is -3.79. The third-order valence-electron chi connectivity index (χ3n) is 6.68. The van der Waals surface area contributed by atoms with Crippen molar-refractivity contribution in [2.75, 3.05) is 67.6 Å². The number of anilines is 3. The Balaban J connectivity index is 1.33. The summed E-state index contributed by atoms with van der Waals surface area (Å²) in [6, 6.07) is 21.8. The predicted octanol–water partition coefficient (Wildman–Crippen LogP) is 3.94. The second kappa shape index (κ2) is 11.1. The number of carbonyl (C=O) groups is 1. The van der Waals surface area contributed by atoms with Crippen molar-refractivity contribution >= 4 is 44.6 Å². The molecule has 194 valence electrons. The number of hydrogen-bond acceptors (Lipinski definition) is 6. The summed E-state index contributed by atoms with van der Waals surface area (Å²) in [6.07, 6.45) is 0. The topological polar surface area (TPSA) is 82.2 Å². The zero-order valence-electron chi connectivity index (χ0n) is 20.3. The van der Waals surface area contributed by atoms with Crippen molar-refractivity contribution in [1.29, 1.82) is 0 Å². The smallest absolute Gasteiger partial charge is 0.257 e. The maximum Gasteiger partial charge on any atom is 0.257 e. The molecule has 8 nitrogen and oxygen atoms in total. The molecule has 0 aromatic heterocycles. The molecule has 2 saturated heterocycles. The molecule has 3 aromatic rings. The van der Waals surface area contributed by atoms with Gasteiger partial charge in [0.2, 0.25) is 10.0 Å². The van der Waals surface area contributed by atoms with Crippen LogP contribution in [0.3, 0.4) is 0 Å². The number of halogens is 1. The number of ether oxygens (including phenoxy) is 1. The van der Waals surface area contributed by atoms with E-state index in [2.05, 4.69) is 15.1 Å². The maximum absolute atomic E-state index is 13.4. The Morgan fingerprint density at radius 3 is 2.22 bits per heavy atom. The fourth-order valence-electron chi connectivity index (χ4n) is 4.66. The number of rotatable bonds is 6. The van der Waals surface area contributed by atoms with Crippen molar-refractivity contribution in [3.05, 3.63) is 83.4 Å². The number of para-hydroxylation sites is 3. The van der Waals surface area contributed by atoms with E-state index in [4.69, 9.17) is 16.3 Å². The van der Waals surface area contributed by atoms with Gasteiger partial charge in [-0.3, -0.25) is 4.79 Å². The highest BCUT2D eigenvalue weighted by molar-refractivity contribution is 7.89. The van der Waals surface area contributed by atoms with Crippen LogP contribution in [0.2, 0.25) is 5.02 Å². The van der Waals surface area contributed by atoms with Crippen LogP contribution in [0.4, 0.5) is 17.1 Å². The number of hydrogen-bond donors (Lipinski definition) is 1. The molecule has 0 radical (unpaired) electrons. The standard InChI is InChI=1S/C27H29ClN4O4S/c28-24-11-10-22(37(34,35)32-14-12-30(13-15-32)21-6-2-1-3-7-21)20-23(24)27(33)29-25-8-4-5-9-26(25)31-16-18-36-19-17-31/h1-11,20H,12-19H2,(H,29,33). The first kappa shape index (κ1) is 25.5. The van der Waals surface area contributed by atoms with Crippen molar-refractivity contribution in [1.82, 2.24) is 4.31 Å². The van der Waals surface area contributed by atoms with Crippen LogP contribution in [0, 0.1) is 0 Å². The summed E-state index contributed by atoms with van der Waals surface area (Å²) in [5.41, 5.74) is 2.70. The lowest BCUT2D eigenvalue weighted by Gasteiger charge is -2.35. The quantitative estimate of drug-likeness (QED) is 0.510. The van der Waals surface area contributed by atoms with E-state index in [0.29, 0.717) is 45.1 Å². The summed E-state index contributed by atoms with van der Waals surface area (Å²) < 4.78 is 33.8. The van der Waals surface area contributed by atoms with Gasteiger partial charge >= 0.3 is 0 Å². The Labute approximate surface area is 222 Å². The van der Waals surface area contributed by atoms with Crippen LogP contribution in [0.15, 0.2) is 77.7 Å². The van der Waals surface area contributed by atoms with Crippen molar-refractivity contribution in [3.8, 4) is 0 Å². The molecular weight excluding hydrogens is 512 g/mol. The van der Waals surface area contributed by atoms with Crippen molar-refractivity contribution in [3.63, 3.8) is 0 Å². The van der Waals surface area contributed by atoms with Gasteiger partial charge in [0.1, 0.15) is 0 Å². The molecule has 2 aliphatic heterocycles. The third-order valence-corrected chi connectivity index (χ3v) is 8.91. The van der Waals surface area contributed by atoms with Crippen LogP contribution in [-0.4, -0.2) is 71.1 Å². The number of carbonyl (C=O) groups excluding carboxylic acids is 1. The van der Waals surface area contributed by atoms with Gasteiger partial charge in [0, 0.05) is 45.0 Å². The molecular formula is C27H29ClN4O4S. The Morgan fingerprint density at radius 2 is 1.49 bits per heavy atom. The van der Waals surface area contributed by atoms with Crippen LogP contribution >= 0.6 is 11.6 Å². The van der Waals surface area contributed by atoms with Crippen LogP contribution in [-0.2, 0) is 14.8 Å². The summed E-state index contributed by atoms with van der Waals surface area (Å²) in [5.74, 6) is -0.461. The van der Waals surface area contributed by atoms with Crippen LogP contribution in [0.1, 0.15) is 10.4 Å². The van der Waals surface area contributed by atoms with E-state index in [9.17, 15) is 13.2 Å². The minimum atomic E-state index is -3.79. The van der Waals surface area contributed by atoms with Gasteiger partial charge in [-0.1, -0.05) is 41.9 Å². The zero-order chi connectivity index (χ0) is 25.8. The first-order valence-corrected chi connectivity index (χ1v) is 14.1. The fraction of sp³-hybridized carbons (Fsp3) is 0.296. The number of amides is 1. The van der Waals surface area contributed by atoms with Gasteiger partial charge in [-0.2, -0.15) is 4.31 Å². The SMILES string of the molecule is O=C(Nc1ccccc1N1CCOCC1)c1cc(S(=O)(=O)N2CCN(c3ccccc3)CC2)ccc1Cl. The minimum absolute atomic E-state index is 0.0525. The fourth-order valence-corrected chi connectivity index (χ4v) is 6.31. The van der Waals surface area contributed by atoms with E-state index in [0.717, 1.165) is 24.5 Å². The van der Waals surface area contributed by atoms with E-state index < -0.39 is 15.9 Å². The largest absolute Gasteiger partial charge is 0.378 e. The molecule has 2 aliphatic rings. The van der Waals surface area contributed by atoms with Gasteiger partial charge in [-0.25, -0.2) is 8.42 Å². The molecule has 3 aromatic carbocycles. The Bertz CT molecular complexity index is 1360. The first-order chi connectivity index (χ1) is 17.9. The summed E-state index contributed by atoms with van der Waals surface area (Å²) in [6.45, 7) is 4.56. The number of nitrogens with zero attached hydrogens (tertiary/aromatic N) is 3. The average Bonchev–Trinajstić information content (AvgIpc) is 2.94. The number of nitrogens with one attached hydrogen (secondary N) is 1. The molecule has 1 amide bonds. The minimum Gasteiger partial charge on any atom is -0.378 e. The first-order valence-electron chi connectivity index (χ1n) is 12.3. The highest BCUT2D eigenvalue weighted by Crippen LogP contribution is 2.29. The Kier molecular flexibility index (Phi) is 7.66. The van der Waals surface area contributed by atoms with Crippen molar-refractivity contribution in [2.24, 2.45) is 0 Å². The Morgan fingerprint density at radius 1 is 0.811 bits per heavy atom. The van der Waals surface area contributed by atoms with Gasteiger partial charge in [-0.15, -0.1) is 0 Å². The highest BCUT2D eigenvalue weighted by Gasteiger charge is 2.30. The van der Waals surface area contributed by atoms with Gasteiger partial charge in [-0.05, 0) is 42.5 Å². The number of piperazine rings is 1. The van der Waals surface area contributed by atoms with Gasteiger partial charge in [0.25, 0.3) is 5.91 Å². The van der Waals surface area contributed by atoms with E-state index in [-0.39, 0.29) is 15.5 Å². The summed E-state index contributed by atoms with van der Waals surface area (Å²) in [4.78, 5) is 17.6. The van der Waals surface area contributed by atoms with Gasteiger partial charge < -0.3 is 19.9 Å².